The molecule has 0 aliphatic rings. The van der Waals surface area contributed by atoms with Crippen molar-refractivity contribution >= 4 is 11.0 Å². The molecule has 1 aromatic carbocycles. The van der Waals surface area contributed by atoms with Gasteiger partial charge in [-0.15, -0.1) is 0 Å². The molecule has 0 amide bonds. The molecule has 27 heavy (non-hydrogen) atoms. The number of benzene rings is 1. The molecular formula is C25H32O2. The van der Waals surface area contributed by atoms with Crippen LogP contribution in [0.5, 0.6) is 0 Å². The van der Waals surface area contributed by atoms with Crippen LogP contribution >= 0.6 is 0 Å². The Bertz CT molecular complexity index is 919. The van der Waals surface area contributed by atoms with E-state index in [0.717, 1.165) is 42.2 Å². The maximum Gasteiger partial charge on any atom is 0.339 e. The summed E-state index contributed by atoms with van der Waals surface area (Å²) in [6.07, 6.45) is 11.7. The monoisotopic (exact) mass is 364 g/mol. The highest BCUT2D eigenvalue weighted by atomic mass is 16.4. The summed E-state index contributed by atoms with van der Waals surface area (Å²) in [6, 6.07) is 7.92. The first kappa shape index (κ1) is 21.0. The highest BCUT2D eigenvalue weighted by Crippen LogP contribution is 2.16. The third-order valence-electron chi connectivity index (χ3n) is 4.76. The molecule has 2 heteroatoms. The Labute approximate surface area is 163 Å². The molecule has 2 aromatic rings. The van der Waals surface area contributed by atoms with E-state index in [9.17, 15) is 4.79 Å². The van der Waals surface area contributed by atoms with Crippen molar-refractivity contribution in [2.45, 2.75) is 66.7 Å². The maximum absolute atomic E-state index is 12.2. The quantitative estimate of drug-likeness (QED) is 0.370. The summed E-state index contributed by atoms with van der Waals surface area (Å²) in [7, 11) is 0. The van der Waals surface area contributed by atoms with Crippen molar-refractivity contribution in [1.29, 1.82) is 0 Å². The van der Waals surface area contributed by atoms with Gasteiger partial charge in [0.05, 0.1) is 0 Å². The fraction of sp³-hybridized carbons (Fsp3) is 0.400. The summed E-state index contributed by atoms with van der Waals surface area (Å²) in [5, 5.41) is 0.983. The van der Waals surface area contributed by atoms with Crippen LogP contribution in [0.15, 0.2) is 68.4 Å². The molecule has 0 aliphatic heterocycles. The Morgan fingerprint density at radius 2 is 1.59 bits per heavy atom. The second kappa shape index (κ2) is 10.1. The zero-order valence-corrected chi connectivity index (χ0v) is 17.4. The van der Waals surface area contributed by atoms with Gasteiger partial charge in [-0.25, -0.2) is 4.79 Å². The number of fused-ring (bicyclic) bond motifs is 1. The maximum atomic E-state index is 12.2. The summed E-state index contributed by atoms with van der Waals surface area (Å²) in [5.41, 5.74) is 6.40. The van der Waals surface area contributed by atoms with Crippen LogP contribution in [0.4, 0.5) is 0 Å². The van der Waals surface area contributed by atoms with E-state index in [0.29, 0.717) is 12.0 Å². The van der Waals surface area contributed by atoms with E-state index in [1.54, 1.807) is 0 Å². The predicted octanol–water partition coefficient (Wildman–Crippen LogP) is 7.06. The topological polar surface area (TPSA) is 30.2 Å². The van der Waals surface area contributed by atoms with Crippen LogP contribution in [0, 0.1) is 6.92 Å². The van der Waals surface area contributed by atoms with Crippen molar-refractivity contribution in [3.05, 3.63) is 80.8 Å². The van der Waals surface area contributed by atoms with E-state index >= 15 is 0 Å². The molecule has 0 spiro atoms. The Balaban J connectivity index is 1.92. The lowest BCUT2D eigenvalue weighted by Gasteiger charge is -2.03. The van der Waals surface area contributed by atoms with E-state index in [4.69, 9.17) is 4.42 Å². The van der Waals surface area contributed by atoms with Crippen molar-refractivity contribution in [3.8, 4) is 0 Å². The van der Waals surface area contributed by atoms with Crippen LogP contribution in [-0.2, 0) is 6.42 Å². The number of hydrogen-bond donors (Lipinski definition) is 0. The molecule has 0 aliphatic carbocycles. The number of hydrogen-bond acceptors (Lipinski definition) is 2. The van der Waals surface area contributed by atoms with Crippen molar-refractivity contribution in [2.75, 3.05) is 0 Å². The van der Waals surface area contributed by atoms with Gasteiger partial charge in [0.25, 0.3) is 0 Å². The summed E-state index contributed by atoms with van der Waals surface area (Å²) < 4.78 is 5.47. The minimum atomic E-state index is -0.229. The average Bonchev–Trinajstić information content (AvgIpc) is 2.59. The standard InChI is InChI=1S/C25H32O2/c1-18(2)8-6-9-19(3)10-7-11-20(4)12-15-23-17-22-14-13-21(5)16-24(22)27-25(23)26/h8,10,12-14,16-17H,6-7,9,11,15H2,1-5H3/b19-10-,20-12+. The van der Waals surface area contributed by atoms with Gasteiger partial charge in [0.1, 0.15) is 5.58 Å². The van der Waals surface area contributed by atoms with Gasteiger partial charge in [0, 0.05) is 10.9 Å². The van der Waals surface area contributed by atoms with Gasteiger partial charge in [-0.1, -0.05) is 47.1 Å². The first-order valence-corrected chi connectivity index (χ1v) is 9.83. The normalized spacial score (nSPS) is 12.5. The SMILES string of the molecule is CC(C)=CCC/C(C)=C\CC/C(C)=C/Cc1cc2ccc(C)cc2oc1=O. The molecule has 1 aromatic heterocycles. The van der Waals surface area contributed by atoms with Crippen molar-refractivity contribution in [2.24, 2.45) is 0 Å². The lowest BCUT2D eigenvalue weighted by molar-refractivity contribution is 0.552. The van der Waals surface area contributed by atoms with Crippen molar-refractivity contribution in [3.63, 3.8) is 0 Å². The zero-order chi connectivity index (χ0) is 19.8. The molecule has 0 fully saturated rings. The predicted molar refractivity (Wildman–Crippen MR) is 116 cm³/mol. The van der Waals surface area contributed by atoms with E-state index in [1.165, 1.54) is 16.7 Å². The van der Waals surface area contributed by atoms with E-state index in [-0.39, 0.29) is 5.63 Å². The molecule has 2 rings (SSSR count). The fourth-order valence-electron chi connectivity index (χ4n) is 3.03. The van der Waals surface area contributed by atoms with Crippen LogP contribution < -0.4 is 5.63 Å². The van der Waals surface area contributed by atoms with Crippen molar-refractivity contribution < 1.29 is 4.42 Å². The first-order valence-electron chi connectivity index (χ1n) is 9.83. The van der Waals surface area contributed by atoms with Gasteiger partial charge in [-0.3, -0.25) is 0 Å². The third-order valence-corrected chi connectivity index (χ3v) is 4.76. The van der Waals surface area contributed by atoms with Gasteiger partial charge < -0.3 is 4.42 Å². The van der Waals surface area contributed by atoms with E-state index in [2.05, 4.69) is 45.9 Å². The second-order valence-corrected chi connectivity index (χ2v) is 7.76. The molecule has 144 valence electrons. The molecule has 0 bridgehead atoms. The Kier molecular flexibility index (Phi) is 7.84. The highest BCUT2D eigenvalue weighted by Gasteiger charge is 2.04. The minimum Gasteiger partial charge on any atom is -0.423 e. The van der Waals surface area contributed by atoms with Crippen LogP contribution in [0.25, 0.3) is 11.0 Å². The van der Waals surface area contributed by atoms with Crippen LogP contribution in [-0.4, -0.2) is 0 Å². The molecule has 1 heterocycles. The molecule has 0 atom stereocenters. The van der Waals surface area contributed by atoms with Gasteiger partial charge in [0.2, 0.25) is 0 Å². The van der Waals surface area contributed by atoms with Crippen LogP contribution in [0.1, 0.15) is 64.5 Å². The lowest BCUT2D eigenvalue weighted by Crippen LogP contribution is -2.06. The molecule has 0 radical (unpaired) electrons. The summed E-state index contributed by atoms with van der Waals surface area (Å²) >= 11 is 0. The molecular weight excluding hydrogens is 332 g/mol. The number of allylic oxidation sites excluding steroid dienone is 6. The van der Waals surface area contributed by atoms with E-state index < -0.39 is 0 Å². The van der Waals surface area contributed by atoms with Gasteiger partial charge in [0.15, 0.2) is 0 Å². The molecule has 0 saturated carbocycles. The molecule has 0 N–H and O–H groups in total. The van der Waals surface area contributed by atoms with E-state index in [1.807, 2.05) is 31.2 Å². The molecule has 2 nitrogen and oxygen atoms in total. The second-order valence-electron chi connectivity index (χ2n) is 7.76. The first-order chi connectivity index (χ1) is 12.8. The van der Waals surface area contributed by atoms with Gasteiger partial charge in [-0.2, -0.15) is 0 Å². The van der Waals surface area contributed by atoms with Gasteiger partial charge >= 0.3 is 5.63 Å². The Morgan fingerprint density at radius 1 is 0.926 bits per heavy atom. The summed E-state index contributed by atoms with van der Waals surface area (Å²) in [4.78, 5) is 12.2. The van der Waals surface area contributed by atoms with Crippen LogP contribution in [0.3, 0.4) is 0 Å². The highest BCUT2D eigenvalue weighted by molar-refractivity contribution is 5.77. The largest absolute Gasteiger partial charge is 0.423 e. The molecule has 0 saturated heterocycles. The average molecular weight is 365 g/mol. The third kappa shape index (κ3) is 7.05. The van der Waals surface area contributed by atoms with Crippen molar-refractivity contribution in [1.82, 2.24) is 0 Å². The molecule has 0 unspecified atom stereocenters. The lowest BCUT2D eigenvalue weighted by atomic mass is 10.0. The Morgan fingerprint density at radius 3 is 2.30 bits per heavy atom. The minimum absolute atomic E-state index is 0.229. The summed E-state index contributed by atoms with van der Waals surface area (Å²) in [5.74, 6) is 0. The number of rotatable bonds is 8. The van der Waals surface area contributed by atoms with Gasteiger partial charge in [-0.05, 0) is 84.4 Å². The zero-order valence-electron chi connectivity index (χ0n) is 17.4. The summed E-state index contributed by atoms with van der Waals surface area (Å²) in [6.45, 7) is 10.6. The number of aryl methyl sites for hydroxylation is 1. The fourth-order valence-corrected chi connectivity index (χ4v) is 3.03. The van der Waals surface area contributed by atoms with Crippen LogP contribution in [0.2, 0.25) is 0 Å². The smallest absolute Gasteiger partial charge is 0.339 e. The Hall–Kier alpha value is -2.35.